The maximum absolute atomic E-state index is 11.8. The standard InChI is InChI=1S/C16H22N2O3/c1-2-9-20-14-7-5-13(6-8-14)18-16(19)12-17-11-15-4-3-10-21-15/h2,5-8,15,17H,1,3-4,9-12H2,(H,18,19). The second kappa shape index (κ2) is 8.44. The van der Waals surface area contributed by atoms with Crippen molar-refractivity contribution >= 4 is 11.6 Å². The summed E-state index contributed by atoms with van der Waals surface area (Å²) in [5.41, 5.74) is 0.755. The molecule has 1 aromatic rings. The van der Waals surface area contributed by atoms with Gasteiger partial charge < -0.3 is 20.1 Å². The van der Waals surface area contributed by atoms with Crippen molar-refractivity contribution in [2.45, 2.75) is 18.9 Å². The summed E-state index contributed by atoms with van der Waals surface area (Å²) in [6.07, 6.45) is 4.12. The van der Waals surface area contributed by atoms with Gasteiger partial charge in [-0.05, 0) is 37.1 Å². The number of rotatable bonds is 8. The number of carbonyl (C=O) groups is 1. The van der Waals surface area contributed by atoms with E-state index in [1.807, 2.05) is 24.3 Å². The Labute approximate surface area is 125 Å². The Morgan fingerprint density at radius 3 is 2.90 bits per heavy atom. The molecule has 1 saturated heterocycles. The van der Waals surface area contributed by atoms with Crippen LogP contribution in [0.3, 0.4) is 0 Å². The third-order valence-electron chi connectivity index (χ3n) is 3.19. The first-order valence-electron chi connectivity index (χ1n) is 7.24. The van der Waals surface area contributed by atoms with Crippen molar-refractivity contribution in [3.05, 3.63) is 36.9 Å². The number of ether oxygens (including phenoxy) is 2. The van der Waals surface area contributed by atoms with Gasteiger partial charge in [0.05, 0.1) is 12.6 Å². The van der Waals surface area contributed by atoms with Crippen LogP contribution in [-0.2, 0) is 9.53 Å². The minimum atomic E-state index is -0.0623. The zero-order chi connectivity index (χ0) is 14.9. The van der Waals surface area contributed by atoms with Crippen LogP contribution in [0.5, 0.6) is 5.75 Å². The summed E-state index contributed by atoms with van der Waals surface area (Å²) in [5, 5.41) is 5.95. The summed E-state index contributed by atoms with van der Waals surface area (Å²) >= 11 is 0. The monoisotopic (exact) mass is 290 g/mol. The van der Waals surface area contributed by atoms with E-state index in [0.29, 0.717) is 6.61 Å². The predicted molar refractivity (Wildman–Crippen MR) is 82.6 cm³/mol. The number of nitrogens with one attached hydrogen (secondary N) is 2. The Kier molecular flexibility index (Phi) is 6.24. The third-order valence-corrected chi connectivity index (χ3v) is 3.19. The fourth-order valence-electron chi connectivity index (χ4n) is 2.15. The zero-order valence-electron chi connectivity index (χ0n) is 12.1. The molecular weight excluding hydrogens is 268 g/mol. The highest BCUT2D eigenvalue weighted by Crippen LogP contribution is 2.15. The first kappa shape index (κ1) is 15.5. The van der Waals surface area contributed by atoms with Gasteiger partial charge in [0.1, 0.15) is 12.4 Å². The van der Waals surface area contributed by atoms with E-state index in [2.05, 4.69) is 17.2 Å². The van der Waals surface area contributed by atoms with E-state index < -0.39 is 0 Å². The van der Waals surface area contributed by atoms with Crippen molar-refractivity contribution < 1.29 is 14.3 Å². The molecule has 114 valence electrons. The highest BCUT2D eigenvalue weighted by Gasteiger charge is 2.15. The molecule has 1 aliphatic heterocycles. The van der Waals surface area contributed by atoms with Crippen molar-refractivity contribution in [1.29, 1.82) is 0 Å². The van der Waals surface area contributed by atoms with E-state index in [1.54, 1.807) is 6.08 Å². The Morgan fingerprint density at radius 1 is 1.43 bits per heavy atom. The zero-order valence-corrected chi connectivity index (χ0v) is 12.1. The molecule has 1 aromatic carbocycles. The molecule has 1 amide bonds. The summed E-state index contributed by atoms with van der Waals surface area (Å²) < 4.78 is 10.9. The van der Waals surface area contributed by atoms with Crippen LogP contribution < -0.4 is 15.4 Å². The van der Waals surface area contributed by atoms with Gasteiger partial charge in [0, 0.05) is 18.8 Å². The van der Waals surface area contributed by atoms with Gasteiger partial charge in [-0.1, -0.05) is 12.7 Å². The number of hydrogen-bond acceptors (Lipinski definition) is 4. The number of anilines is 1. The van der Waals surface area contributed by atoms with Crippen LogP contribution in [0.1, 0.15) is 12.8 Å². The van der Waals surface area contributed by atoms with Gasteiger partial charge in [-0.2, -0.15) is 0 Å². The van der Waals surface area contributed by atoms with Gasteiger partial charge in [-0.15, -0.1) is 0 Å². The molecule has 1 fully saturated rings. The van der Waals surface area contributed by atoms with E-state index in [9.17, 15) is 4.79 Å². The highest BCUT2D eigenvalue weighted by molar-refractivity contribution is 5.92. The van der Waals surface area contributed by atoms with E-state index >= 15 is 0 Å². The second-order valence-electron chi connectivity index (χ2n) is 4.94. The Hall–Kier alpha value is -1.85. The minimum absolute atomic E-state index is 0.0623. The maximum Gasteiger partial charge on any atom is 0.238 e. The van der Waals surface area contributed by atoms with Gasteiger partial charge in [0.25, 0.3) is 0 Å². The van der Waals surface area contributed by atoms with Crippen molar-refractivity contribution in [2.75, 3.05) is 31.6 Å². The Balaban J connectivity index is 1.67. The van der Waals surface area contributed by atoms with Gasteiger partial charge in [0.15, 0.2) is 0 Å². The molecule has 0 radical (unpaired) electrons. The maximum atomic E-state index is 11.8. The molecule has 2 N–H and O–H groups in total. The number of benzene rings is 1. The largest absolute Gasteiger partial charge is 0.490 e. The van der Waals surface area contributed by atoms with Crippen LogP contribution in [0.4, 0.5) is 5.69 Å². The molecule has 0 bridgehead atoms. The minimum Gasteiger partial charge on any atom is -0.490 e. The van der Waals surface area contributed by atoms with Gasteiger partial charge in [0.2, 0.25) is 5.91 Å². The lowest BCUT2D eigenvalue weighted by atomic mass is 10.2. The molecule has 5 nitrogen and oxygen atoms in total. The number of amides is 1. The first-order chi connectivity index (χ1) is 10.3. The van der Waals surface area contributed by atoms with Gasteiger partial charge >= 0.3 is 0 Å². The van der Waals surface area contributed by atoms with Crippen LogP contribution in [0.2, 0.25) is 0 Å². The lowest BCUT2D eigenvalue weighted by molar-refractivity contribution is -0.115. The summed E-state index contributed by atoms with van der Waals surface area (Å²) in [7, 11) is 0. The molecule has 5 heteroatoms. The fraction of sp³-hybridized carbons (Fsp3) is 0.438. The molecule has 2 rings (SSSR count). The molecule has 21 heavy (non-hydrogen) atoms. The summed E-state index contributed by atoms with van der Waals surface area (Å²) in [5.74, 6) is 0.692. The molecule has 0 aliphatic carbocycles. The molecule has 1 heterocycles. The van der Waals surface area contributed by atoms with Crippen LogP contribution in [0.15, 0.2) is 36.9 Å². The van der Waals surface area contributed by atoms with Crippen molar-refractivity contribution in [1.82, 2.24) is 5.32 Å². The quantitative estimate of drug-likeness (QED) is 0.719. The smallest absolute Gasteiger partial charge is 0.238 e. The van der Waals surface area contributed by atoms with Crippen molar-refractivity contribution in [2.24, 2.45) is 0 Å². The summed E-state index contributed by atoms with van der Waals surface area (Å²) in [4.78, 5) is 11.8. The third kappa shape index (κ3) is 5.57. The molecule has 0 saturated carbocycles. The fourth-order valence-corrected chi connectivity index (χ4v) is 2.15. The van der Waals surface area contributed by atoms with Crippen LogP contribution in [0.25, 0.3) is 0 Å². The lowest BCUT2D eigenvalue weighted by Crippen LogP contribution is -2.33. The average Bonchev–Trinajstić information content (AvgIpc) is 3.00. The van der Waals surface area contributed by atoms with E-state index in [-0.39, 0.29) is 18.6 Å². The first-order valence-corrected chi connectivity index (χ1v) is 7.24. The van der Waals surface area contributed by atoms with Crippen LogP contribution in [0, 0.1) is 0 Å². The van der Waals surface area contributed by atoms with Crippen molar-refractivity contribution in [3.63, 3.8) is 0 Å². The Morgan fingerprint density at radius 2 is 2.24 bits per heavy atom. The molecule has 1 atom stereocenters. The Bertz CT molecular complexity index is 453. The van der Waals surface area contributed by atoms with Crippen LogP contribution >= 0.6 is 0 Å². The molecule has 1 aliphatic rings. The normalized spacial score (nSPS) is 17.4. The molecule has 0 spiro atoms. The highest BCUT2D eigenvalue weighted by atomic mass is 16.5. The number of carbonyl (C=O) groups excluding carboxylic acids is 1. The predicted octanol–water partition coefficient (Wildman–Crippen LogP) is 1.96. The second-order valence-corrected chi connectivity index (χ2v) is 4.94. The molecular formula is C16H22N2O3. The average molecular weight is 290 g/mol. The number of hydrogen-bond donors (Lipinski definition) is 2. The molecule has 0 aromatic heterocycles. The van der Waals surface area contributed by atoms with E-state index in [0.717, 1.165) is 37.4 Å². The van der Waals surface area contributed by atoms with E-state index in [1.165, 1.54) is 0 Å². The van der Waals surface area contributed by atoms with Gasteiger partial charge in [-0.25, -0.2) is 0 Å². The SMILES string of the molecule is C=CCOc1ccc(NC(=O)CNCC2CCCO2)cc1. The summed E-state index contributed by atoms with van der Waals surface area (Å²) in [6, 6.07) is 7.27. The molecule has 1 unspecified atom stereocenters. The van der Waals surface area contributed by atoms with Gasteiger partial charge in [-0.3, -0.25) is 4.79 Å². The van der Waals surface area contributed by atoms with E-state index in [4.69, 9.17) is 9.47 Å². The topological polar surface area (TPSA) is 59.6 Å². The van der Waals surface area contributed by atoms with Crippen LogP contribution in [-0.4, -0.2) is 38.3 Å². The summed E-state index contributed by atoms with van der Waals surface area (Å²) in [6.45, 7) is 5.91. The van der Waals surface area contributed by atoms with Crippen molar-refractivity contribution in [3.8, 4) is 5.75 Å². The lowest BCUT2D eigenvalue weighted by Gasteiger charge is -2.11.